The normalized spacial score (nSPS) is 17.2. The molecule has 0 spiro atoms. The van der Waals surface area contributed by atoms with Crippen LogP contribution in [0.15, 0.2) is 18.5 Å². The SMILES string of the molecule is CC1(CNC(=O)c2ccncc2F)CC1. The fourth-order valence-electron chi connectivity index (χ4n) is 1.34. The predicted molar refractivity (Wildman–Crippen MR) is 53.9 cm³/mol. The van der Waals surface area contributed by atoms with E-state index in [-0.39, 0.29) is 16.9 Å². The molecule has 1 aliphatic carbocycles. The topological polar surface area (TPSA) is 42.0 Å². The van der Waals surface area contributed by atoms with Crippen LogP contribution >= 0.6 is 0 Å². The van der Waals surface area contributed by atoms with Gasteiger partial charge in [-0.1, -0.05) is 6.92 Å². The molecular formula is C11H13FN2O. The molecule has 0 unspecified atom stereocenters. The lowest BCUT2D eigenvalue weighted by molar-refractivity contribution is 0.0942. The zero-order chi connectivity index (χ0) is 10.9. The molecular weight excluding hydrogens is 195 g/mol. The number of aromatic nitrogens is 1. The van der Waals surface area contributed by atoms with Gasteiger partial charge < -0.3 is 5.32 Å². The number of pyridine rings is 1. The number of nitrogens with one attached hydrogen (secondary N) is 1. The lowest BCUT2D eigenvalue weighted by Crippen LogP contribution is -2.29. The van der Waals surface area contributed by atoms with Gasteiger partial charge in [-0.25, -0.2) is 4.39 Å². The van der Waals surface area contributed by atoms with Crippen molar-refractivity contribution in [2.45, 2.75) is 19.8 Å². The second-order valence-electron chi connectivity index (χ2n) is 4.35. The minimum absolute atomic E-state index is 0.0641. The van der Waals surface area contributed by atoms with Gasteiger partial charge in [0, 0.05) is 12.7 Å². The van der Waals surface area contributed by atoms with E-state index >= 15 is 0 Å². The maximum atomic E-state index is 13.2. The van der Waals surface area contributed by atoms with Gasteiger partial charge in [0.15, 0.2) is 5.82 Å². The fraction of sp³-hybridized carbons (Fsp3) is 0.455. The molecule has 1 saturated carbocycles. The molecule has 1 aromatic heterocycles. The highest BCUT2D eigenvalue weighted by Gasteiger charge is 2.37. The van der Waals surface area contributed by atoms with E-state index in [4.69, 9.17) is 0 Å². The van der Waals surface area contributed by atoms with Crippen LogP contribution < -0.4 is 5.32 Å². The summed E-state index contributed by atoms with van der Waals surface area (Å²) in [5, 5.41) is 2.74. The summed E-state index contributed by atoms with van der Waals surface area (Å²) in [6.07, 6.45) is 4.72. The molecule has 0 aliphatic heterocycles. The average Bonchev–Trinajstić information content (AvgIpc) is 2.95. The van der Waals surface area contributed by atoms with E-state index in [0.717, 1.165) is 19.0 Å². The van der Waals surface area contributed by atoms with Crippen molar-refractivity contribution in [1.29, 1.82) is 0 Å². The van der Waals surface area contributed by atoms with Crippen LogP contribution in [0.1, 0.15) is 30.1 Å². The first-order valence-electron chi connectivity index (χ1n) is 4.98. The second kappa shape index (κ2) is 3.61. The highest BCUT2D eigenvalue weighted by atomic mass is 19.1. The van der Waals surface area contributed by atoms with Gasteiger partial charge in [0.05, 0.1) is 11.8 Å². The van der Waals surface area contributed by atoms with Gasteiger partial charge in [0.2, 0.25) is 0 Å². The van der Waals surface area contributed by atoms with Gasteiger partial charge in [-0.2, -0.15) is 0 Å². The molecule has 2 rings (SSSR count). The van der Waals surface area contributed by atoms with Crippen LogP contribution in [0.25, 0.3) is 0 Å². The first-order valence-corrected chi connectivity index (χ1v) is 4.98. The summed E-state index contributed by atoms with van der Waals surface area (Å²) in [6, 6.07) is 1.39. The molecule has 80 valence electrons. The van der Waals surface area contributed by atoms with E-state index in [1.807, 2.05) is 0 Å². The number of hydrogen-bond acceptors (Lipinski definition) is 2. The molecule has 3 nitrogen and oxygen atoms in total. The number of halogens is 1. The van der Waals surface area contributed by atoms with Crippen LogP contribution in [0.2, 0.25) is 0 Å². The van der Waals surface area contributed by atoms with E-state index in [2.05, 4.69) is 17.2 Å². The molecule has 1 fully saturated rings. The standard InChI is InChI=1S/C11H13FN2O/c1-11(3-4-11)7-14-10(15)8-2-5-13-6-9(8)12/h2,5-6H,3-4,7H2,1H3,(H,14,15). The zero-order valence-corrected chi connectivity index (χ0v) is 8.59. The van der Waals surface area contributed by atoms with Crippen molar-refractivity contribution < 1.29 is 9.18 Å². The largest absolute Gasteiger partial charge is 0.351 e. The van der Waals surface area contributed by atoms with Gasteiger partial charge >= 0.3 is 0 Å². The van der Waals surface area contributed by atoms with Gasteiger partial charge in [-0.15, -0.1) is 0 Å². The van der Waals surface area contributed by atoms with Crippen LogP contribution in [0, 0.1) is 11.2 Å². The molecule has 0 saturated heterocycles. The summed E-state index contributed by atoms with van der Waals surface area (Å²) >= 11 is 0. The highest BCUT2D eigenvalue weighted by Crippen LogP contribution is 2.44. The van der Waals surface area contributed by atoms with E-state index in [1.165, 1.54) is 12.3 Å². The predicted octanol–water partition coefficient (Wildman–Crippen LogP) is 1.75. The van der Waals surface area contributed by atoms with Crippen LogP contribution in [0.4, 0.5) is 4.39 Å². The van der Waals surface area contributed by atoms with Gasteiger partial charge in [0.25, 0.3) is 5.91 Å². The molecule has 1 amide bonds. The fourth-order valence-corrected chi connectivity index (χ4v) is 1.34. The Hall–Kier alpha value is -1.45. The Bertz CT molecular complexity index is 388. The lowest BCUT2D eigenvalue weighted by atomic mass is 10.1. The van der Waals surface area contributed by atoms with Crippen molar-refractivity contribution in [3.05, 3.63) is 29.8 Å². The molecule has 0 radical (unpaired) electrons. The maximum absolute atomic E-state index is 13.2. The molecule has 0 bridgehead atoms. The molecule has 15 heavy (non-hydrogen) atoms. The minimum atomic E-state index is -0.573. The summed E-state index contributed by atoms with van der Waals surface area (Å²) in [4.78, 5) is 15.2. The summed E-state index contributed by atoms with van der Waals surface area (Å²) in [5.41, 5.74) is 0.299. The van der Waals surface area contributed by atoms with Crippen molar-refractivity contribution >= 4 is 5.91 Å². The number of hydrogen-bond donors (Lipinski definition) is 1. The Balaban J connectivity index is 1.99. The Labute approximate surface area is 87.7 Å². The number of carbonyl (C=O) groups excluding carboxylic acids is 1. The summed E-state index contributed by atoms with van der Waals surface area (Å²) in [7, 11) is 0. The quantitative estimate of drug-likeness (QED) is 0.822. The van der Waals surface area contributed by atoms with Crippen LogP contribution in [0.5, 0.6) is 0 Å². The van der Waals surface area contributed by atoms with Crippen molar-refractivity contribution in [3.8, 4) is 0 Å². The Kier molecular flexibility index (Phi) is 2.42. The van der Waals surface area contributed by atoms with Gasteiger partial charge in [-0.05, 0) is 24.3 Å². The molecule has 0 aromatic carbocycles. The third kappa shape index (κ3) is 2.32. The summed E-state index contributed by atoms with van der Waals surface area (Å²) in [6.45, 7) is 2.73. The first-order chi connectivity index (χ1) is 7.11. The number of amides is 1. The smallest absolute Gasteiger partial charge is 0.254 e. The minimum Gasteiger partial charge on any atom is -0.351 e. The molecule has 1 aromatic rings. The Morgan fingerprint density at radius 3 is 3.00 bits per heavy atom. The van der Waals surface area contributed by atoms with Gasteiger partial charge in [-0.3, -0.25) is 9.78 Å². The Morgan fingerprint density at radius 2 is 2.40 bits per heavy atom. The van der Waals surface area contributed by atoms with Crippen molar-refractivity contribution in [3.63, 3.8) is 0 Å². The van der Waals surface area contributed by atoms with Crippen LogP contribution in [-0.2, 0) is 0 Å². The molecule has 1 aliphatic rings. The van der Waals surface area contributed by atoms with Gasteiger partial charge in [0.1, 0.15) is 0 Å². The van der Waals surface area contributed by atoms with E-state index in [0.29, 0.717) is 6.54 Å². The van der Waals surface area contributed by atoms with Crippen molar-refractivity contribution in [1.82, 2.24) is 10.3 Å². The Morgan fingerprint density at radius 1 is 1.67 bits per heavy atom. The summed E-state index contributed by atoms with van der Waals surface area (Å²) < 4.78 is 13.2. The third-order valence-corrected chi connectivity index (χ3v) is 2.80. The molecule has 1 N–H and O–H groups in total. The number of rotatable bonds is 3. The third-order valence-electron chi connectivity index (χ3n) is 2.80. The van der Waals surface area contributed by atoms with E-state index in [1.54, 1.807) is 0 Å². The van der Waals surface area contributed by atoms with Crippen LogP contribution in [-0.4, -0.2) is 17.4 Å². The number of nitrogens with zero attached hydrogens (tertiary/aromatic N) is 1. The first kappa shape index (κ1) is 10.1. The zero-order valence-electron chi connectivity index (χ0n) is 8.59. The molecule has 1 heterocycles. The molecule has 0 atom stereocenters. The highest BCUT2D eigenvalue weighted by molar-refractivity contribution is 5.94. The lowest BCUT2D eigenvalue weighted by Gasteiger charge is -2.10. The second-order valence-corrected chi connectivity index (χ2v) is 4.35. The van der Waals surface area contributed by atoms with E-state index in [9.17, 15) is 9.18 Å². The van der Waals surface area contributed by atoms with Crippen molar-refractivity contribution in [2.24, 2.45) is 5.41 Å². The van der Waals surface area contributed by atoms with Crippen molar-refractivity contribution in [2.75, 3.05) is 6.54 Å². The van der Waals surface area contributed by atoms with Crippen LogP contribution in [0.3, 0.4) is 0 Å². The summed E-state index contributed by atoms with van der Waals surface area (Å²) in [5.74, 6) is -0.932. The molecule has 4 heteroatoms. The maximum Gasteiger partial charge on any atom is 0.254 e. The van der Waals surface area contributed by atoms with E-state index < -0.39 is 5.82 Å². The number of carbonyl (C=O) groups is 1. The monoisotopic (exact) mass is 208 g/mol. The average molecular weight is 208 g/mol.